The monoisotopic (exact) mass is 974 g/mol. The Bertz CT molecular complexity index is 3900. The topological polar surface area (TPSA) is 120 Å². The lowest BCUT2D eigenvalue weighted by Gasteiger charge is -2.44. The molecule has 2 aliphatic carbocycles. The number of allylic oxidation sites excluding steroid dienone is 10. The first kappa shape index (κ1) is 45.1. The summed E-state index contributed by atoms with van der Waals surface area (Å²) >= 11 is 0. The van der Waals surface area contributed by atoms with E-state index in [0.29, 0.717) is 34.2 Å². The van der Waals surface area contributed by atoms with Crippen molar-refractivity contribution < 1.29 is 9.47 Å². The molecule has 364 valence electrons. The Labute approximate surface area is 438 Å². The highest BCUT2D eigenvalue weighted by Crippen LogP contribution is 2.54. The minimum Gasteiger partial charge on any atom is -0.461 e. The number of ether oxygens (including phenoxy) is 2. The maximum absolute atomic E-state index is 10.1. The molecule has 0 aromatic heterocycles. The first-order chi connectivity index (χ1) is 36.7. The predicted octanol–water partition coefficient (Wildman–Crippen LogP) is 13.8. The van der Waals surface area contributed by atoms with Crippen LogP contribution < -0.4 is 9.80 Å². The Morgan fingerprint density at radius 3 is 1.39 bits per heavy atom. The Balaban J connectivity index is 0.986. The van der Waals surface area contributed by atoms with Crippen molar-refractivity contribution in [1.29, 1.82) is 21.0 Å². The maximum Gasteiger partial charge on any atom is 0.137 e. The smallest absolute Gasteiger partial charge is 0.137 e. The van der Waals surface area contributed by atoms with Gasteiger partial charge in [-0.05, 0) is 251 Å². The molecule has 75 heavy (non-hydrogen) atoms. The van der Waals surface area contributed by atoms with E-state index in [1.54, 1.807) is 12.2 Å². The molecule has 6 aromatic carbocycles. The molecule has 6 aliphatic heterocycles. The molecule has 8 heteroatoms. The molecule has 1 atom stereocenters. The Kier molecular flexibility index (Phi) is 10.4. The number of nitriles is 4. The van der Waals surface area contributed by atoms with Gasteiger partial charge in [0.05, 0.1) is 0 Å². The van der Waals surface area contributed by atoms with E-state index in [1.165, 1.54) is 120 Å². The summed E-state index contributed by atoms with van der Waals surface area (Å²) in [5.74, 6) is 2.53. The third kappa shape index (κ3) is 7.34. The molecule has 0 N–H and O–H groups in total. The Hall–Kier alpha value is -8.56. The second kappa shape index (κ2) is 17.3. The standard InChI is InChI=1S/C67H54N6O2/c1-39-19-47(55(35-68)36-69)29-61(74-39)52-22-42-11-13-57(51-25-45-9-5-17-73-18-6-10-46(26-51)66(45)73)59-33-67(32-54(28-52)63(42)59)31-53-27-49(50-23-43-7-3-15-72-16-4-8-44(24-50)65(43)72)21-41-12-14-58(60(34-67)64(41)53)62-30-48(20-40(2)75-62)56(37-70)38-71/h11-14,19-30H,3-10,15-18,31-34H2,1-2H3. The van der Waals surface area contributed by atoms with Crippen molar-refractivity contribution in [2.45, 2.75) is 90.9 Å². The fourth-order valence-corrected chi connectivity index (χ4v) is 14.7. The summed E-state index contributed by atoms with van der Waals surface area (Å²) in [4.78, 5) is 5.24. The van der Waals surface area contributed by atoms with Gasteiger partial charge in [-0.25, -0.2) is 0 Å². The summed E-state index contributed by atoms with van der Waals surface area (Å²) in [6.07, 6.45) is 19.7. The molecule has 0 amide bonds. The number of benzene rings is 6. The number of aryl methyl sites for hydroxylation is 4. The zero-order chi connectivity index (χ0) is 50.7. The molecular formula is C67H54N6O2. The quantitative estimate of drug-likeness (QED) is 0.160. The summed E-state index contributed by atoms with van der Waals surface area (Å²) in [6, 6.07) is 37.0. The van der Waals surface area contributed by atoms with Crippen LogP contribution in [0.25, 0.3) is 55.3 Å². The van der Waals surface area contributed by atoms with E-state index < -0.39 is 0 Å². The van der Waals surface area contributed by atoms with Gasteiger partial charge in [-0.15, -0.1) is 0 Å². The van der Waals surface area contributed by atoms with Crippen molar-refractivity contribution in [3.8, 4) is 46.5 Å². The molecule has 0 bridgehead atoms. The number of rotatable bonds is 4. The molecule has 8 aliphatic rings. The summed E-state index contributed by atoms with van der Waals surface area (Å²) in [6.45, 7) is 8.31. The third-order valence-electron chi connectivity index (χ3n) is 17.6. The Morgan fingerprint density at radius 2 is 0.867 bits per heavy atom. The summed E-state index contributed by atoms with van der Waals surface area (Å²) in [5.41, 5.74) is 22.0. The zero-order valence-electron chi connectivity index (χ0n) is 42.6. The number of nitrogens with zero attached hydrogens (tertiary/aromatic N) is 6. The van der Waals surface area contributed by atoms with Gasteiger partial charge in [0.25, 0.3) is 0 Å². The van der Waals surface area contributed by atoms with E-state index in [-0.39, 0.29) is 16.6 Å². The largest absolute Gasteiger partial charge is 0.461 e. The fourth-order valence-electron chi connectivity index (χ4n) is 14.7. The summed E-state index contributed by atoms with van der Waals surface area (Å²) in [7, 11) is 0. The molecule has 0 fully saturated rings. The van der Waals surface area contributed by atoms with Crippen LogP contribution in [0.1, 0.15) is 95.2 Å². The summed E-state index contributed by atoms with van der Waals surface area (Å²) < 4.78 is 13.1. The number of hydrogen-bond donors (Lipinski definition) is 0. The van der Waals surface area contributed by atoms with Gasteiger partial charge in [-0.1, -0.05) is 30.3 Å². The average molecular weight is 975 g/mol. The van der Waals surface area contributed by atoms with E-state index in [9.17, 15) is 21.0 Å². The van der Waals surface area contributed by atoms with Gasteiger partial charge < -0.3 is 19.3 Å². The van der Waals surface area contributed by atoms with Gasteiger partial charge in [-0.3, -0.25) is 0 Å². The molecular weight excluding hydrogens is 921 g/mol. The highest BCUT2D eigenvalue weighted by Gasteiger charge is 2.42. The van der Waals surface area contributed by atoms with Crippen molar-refractivity contribution in [2.75, 3.05) is 36.0 Å². The highest BCUT2D eigenvalue weighted by molar-refractivity contribution is 6.00. The Morgan fingerprint density at radius 1 is 0.453 bits per heavy atom. The van der Waals surface area contributed by atoms with Gasteiger partial charge in [0.1, 0.15) is 58.5 Å². The first-order valence-corrected chi connectivity index (χ1v) is 26.9. The van der Waals surface area contributed by atoms with E-state index in [4.69, 9.17) is 9.47 Å². The van der Waals surface area contributed by atoms with Gasteiger partial charge in [0, 0.05) is 59.8 Å². The van der Waals surface area contributed by atoms with Crippen molar-refractivity contribution in [3.05, 3.63) is 187 Å². The number of anilines is 2. The maximum atomic E-state index is 10.1. The van der Waals surface area contributed by atoms with Crippen LogP contribution in [0.4, 0.5) is 11.4 Å². The molecule has 8 nitrogen and oxygen atoms in total. The van der Waals surface area contributed by atoms with Crippen LogP contribution in [0.15, 0.2) is 131 Å². The van der Waals surface area contributed by atoms with E-state index in [2.05, 4.69) is 107 Å². The van der Waals surface area contributed by atoms with Crippen LogP contribution in [0.3, 0.4) is 0 Å². The van der Waals surface area contributed by atoms with Gasteiger partial charge in [0.15, 0.2) is 0 Å². The normalized spacial score (nSPS) is 19.7. The van der Waals surface area contributed by atoms with Crippen LogP contribution in [0.2, 0.25) is 0 Å². The van der Waals surface area contributed by atoms with Crippen LogP contribution in [0.5, 0.6) is 0 Å². The van der Waals surface area contributed by atoms with Crippen LogP contribution in [0, 0.1) is 50.7 Å². The van der Waals surface area contributed by atoms with E-state index in [1.807, 2.05) is 26.0 Å². The van der Waals surface area contributed by atoms with Crippen molar-refractivity contribution in [3.63, 3.8) is 0 Å². The molecule has 0 saturated heterocycles. The lowest BCUT2D eigenvalue weighted by Crippen LogP contribution is -2.37. The predicted molar refractivity (Wildman–Crippen MR) is 296 cm³/mol. The molecule has 14 rings (SSSR count). The SMILES string of the molecule is CC1=CC(=C(C#N)C#N)C=C(c2cc3c4c(c(-c5cc6c7c(c5)CCCN7CCC6)ccc4c2)CC2(Cc4cc(-c5cc6c7c(c5)CCCN7CCC6)cc5ccc(C6=CC(=C(C#N)C#N)C=C(C)O6)c(c45)C2)C3)O1. The molecule has 1 spiro atoms. The van der Waals surface area contributed by atoms with Gasteiger partial charge in [-0.2, -0.15) is 21.0 Å². The molecule has 6 aromatic rings. The van der Waals surface area contributed by atoms with E-state index >= 15 is 0 Å². The molecule has 0 radical (unpaired) electrons. The van der Waals surface area contributed by atoms with Crippen LogP contribution in [-0.4, -0.2) is 26.2 Å². The average Bonchev–Trinajstić information content (AvgIpc) is 3.41. The van der Waals surface area contributed by atoms with Crippen LogP contribution in [-0.2, 0) is 60.8 Å². The fraction of sp³-hybridized carbons (Fsp3) is 0.284. The van der Waals surface area contributed by atoms with Crippen LogP contribution >= 0.6 is 0 Å². The van der Waals surface area contributed by atoms with Crippen molar-refractivity contribution >= 4 is 44.4 Å². The third-order valence-corrected chi connectivity index (χ3v) is 17.6. The number of hydrogen-bond acceptors (Lipinski definition) is 8. The van der Waals surface area contributed by atoms with Gasteiger partial charge in [0.2, 0.25) is 0 Å². The molecule has 6 heterocycles. The lowest BCUT2D eigenvalue weighted by molar-refractivity contribution is 0.267. The zero-order valence-corrected chi connectivity index (χ0v) is 42.6. The minimum atomic E-state index is -0.272. The second-order valence-corrected chi connectivity index (χ2v) is 22.4. The molecule has 0 saturated carbocycles. The van der Waals surface area contributed by atoms with Crippen molar-refractivity contribution in [1.82, 2.24) is 0 Å². The molecule has 1 unspecified atom stereocenters. The minimum absolute atomic E-state index is 0.0548. The highest BCUT2D eigenvalue weighted by atomic mass is 16.5. The van der Waals surface area contributed by atoms with Gasteiger partial charge >= 0.3 is 0 Å². The lowest BCUT2D eigenvalue weighted by atomic mass is 9.60. The van der Waals surface area contributed by atoms with E-state index in [0.717, 1.165) is 94.1 Å². The summed E-state index contributed by atoms with van der Waals surface area (Å²) in [5, 5.41) is 44.9. The second-order valence-electron chi connectivity index (χ2n) is 22.4. The first-order valence-electron chi connectivity index (χ1n) is 26.9. The van der Waals surface area contributed by atoms with Crippen molar-refractivity contribution in [2.24, 2.45) is 5.41 Å².